The zero-order chi connectivity index (χ0) is 11.7. The van der Waals surface area contributed by atoms with Crippen LogP contribution in [-0.4, -0.2) is 16.8 Å². The summed E-state index contributed by atoms with van der Waals surface area (Å²) in [5.41, 5.74) is 3.61. The summed E-state index contributed by atoms with van der Waals surface area (Å²) in [5, 5.41) is 9.90. The van der Waals surface area contributed by atoms with Gasteiger partial charge in [-0.1, -0.05) is 0 Å². The van der Waals surface area contributed by atoms with Crippen molar-refractivity contribution in [1.82, 2.24) is 15.1 Å². The Morgan fingerprint density at radius 3 is 2.62 bits per heavy atom. The summed E-state index contributed by atoms with van der Waals surface area (Å²) in [4.78, 5) is 1.36. The Morgan fingerprint density at radius 1 is 1.44 bits per heavy atom. The van der Waals surface area contributed by atoms with Crippen LogP contribution < -0.4 is 5.32 Å². The first kappa shape index (κ1) is 11.4. The van der Waals surface area contributed by atoms with Crippen molar-refractivity contribution < 1.29 is 0 Å². The molecule has 0 amide bonds. The molecule has 0 radical (unpaired) electrons. The third-order valence-electron chi connectivity index (χ3n) is 2.83. The smallest absolute Gasteiger partial charge is 0.0756 e. The van der Waals surface area contributed by atoms with E-state index in [4.69, 9.17) is 0 Å². The van der Waals surface area contributed by atoms with Crippen LogP contribution in [0.1, 0.15) is 27.9 Å². The van der Waals surface area contributed by atoms with Gasteiger partial charge in [-0.3, -0.25) is 4.68 Å². The van der Waals surface area contributed by atoms with Gasteiger partial charge in [0.05, 0.1) is 17.4 Å². The molecular formula is C12H17N3S. The van der Waals surface area contributed by atoms with Crippen LogP contribution >= 0.6 is 11.3 Å². The minimum absolute atomic E-state index is 0.234. The molecule has 1 unspecified atom stereocenters. The fraction of sp³-hybridized carbons (Fsp3) is 0.417. The number of hydrogen-bond donors (Lipinski definition) is 1. The molecule has 3 nitrogen and oxygen atoms in total. The highest BCUT2D eigenvalue weighted by Crippen LogP contribution is 2.27. The number of nitrogens with zero attached hydrogens (tertiary/aromatic N) is 2. The zero-order valence-electron chi connectivity index (χ0n) is 10.1. The molecule has 0 aliphatic carbocycles. The van der Waals surface area contributed by atoms with Gasteiger partial charge in [-0.15, -0.1) is 11.3 Å². The second-order valence-corrected chi connectivity index (χ2v) is 5.11. The van der Waals surface area contributed by atoms with Crippen molar-refractivity contribution in [2.75, 3.05) is 7.05 Å². The molecule has 1 N–H and O–H groups in total. The highest BCUT2D eigenvalue weighted by Gasteiger charge is 2.18. The number of hydrogen-bond acceptors (Lipinski definition) is 3. The summed E-state index contributed by atoms with van der Waals surface area (Å²) in [7, 11) is 3.98. The molecule has 2 rings (SSSR count). The summed E-state index contributed by atoms with van der Waals surface area (Å²) in [6.45, 7) is 4.18. The molecule has 2 aromatic rings. The number of rotatable bonds is 3. The molecule has 0 bridgehead atoms. The molecule has 2 heterocycles. The average Bonchev–Trinajstić information content (AvgIpc) is 2.77. The molecule has 0 aromatic carbocycles. The van der Waals surface area contributed by atoms with Crippen LogP contribution in [0.3, 0.4) is 0 Å². The van der Waals surface area contributed by atoms with E-state index in [-0.39, 0.29) is 6.04 Å². The van der Waals surface area contributed by atoms with E-state index in [1.54, 1.807) is 11.3 Å². The van der Waals surface area contributed by atoms with Gasteiger partial charge in [-0.05, 0) is 44.0 Å². The van der Waals surface area contributed by atoms with E-state index in [9.17, 15) is 0 Å². The standard InChI is InChI=1S/C12H17N3S/c1-8-7-11(15(4)14-8)12(13-3)10-5-6-16-9(10)2/h5-7,12-13H,1-4H3. The summed E-state index contributed by atoms with van der Waals surface area (Å²) < 4.78 is 1.95. The lowest BCUT2D eigenvalue weighted by Crippen LogP contribution is -2.20. The minimum Gasteiger partial charge on any atom is -0.308 e. The monoisotopic (exact) mass is 235 g/mol. The van der Waals surface area contributed by atoms with Crippen LogP contribution in [0.5, 0.6) is 0 Å². The summed E-state index contributed by atoms with van der Waals surface area (Å²) in [5.74, 6) is 0. The van der Waals surface area contributed by atoms with Crippen molar-refractivity contribution >= 4 is 11.3 Å². The Bertz CT molecular complexity index is 484. The maximum absolute atomic E-state index is 4.40. The molecule has 0 aliphatic rings. The molecule has 0 saturated carbocycles. The topological polar surface area (TPSA) is 29.9 Å². The van der Waals surface area contributed by atoms with E-state index in [0.29, 0.717) is 0 Å². The van der Waals surface area contributed by atoms with Crippen molar-refractivity contribution in [3.8, 4) is 0 Å². The third kappa shape index (κ3) is 1.90. The largest absolute Gasteiger partial charge is 0.308 e. The van der Waals surface area contributed by atoms with Crippen LogP contribution in [0.25, 0.3) is 0 Å². The molecule has 4 heteroatoms. The maximum Gasteiger partial charge on any atom is 0.0756 e. The number of aromatic nitrogens is 2. The lowest BCUT2D eigenvalue weighted by Gasteiger charge is -2.16. The predicted molar refractivity (Wildman–Crippen MR) is 67.9 cm³/mol. The highest BCUT2D eigenvalue weighted by atomic mass is 32.1. The van der Waals surface area contributed by atoms with Gasteiger partial charge < -0.3 is 5.32 Å². The third-order valence-corrected chi connectivity index (χ3v) is 3.69. The quantitative estimate of drug-likeness (QED) is 0.885. The molecule has 1 atom stereocenters. The van der Waals surface area contributed by atoms with Crippen LogP contribution in [0.2, 0.25) is 0 Å². The van der Waals surface area contributed by atoms with Gasteiger partial charge in [0.25, 0.3) is 0 Å². The van der Waals surface area contributed by atoms with Gasteiger partial charge in [0.15, 0.2) is 0 Å². The van der Waals surface area contributed by atoms with Gasteiger partial charge in [0, 0.05) is 11.9 Å². The molecule has 0 saturated heterocycles. The Labute approximate surface area is 100 Å². The molecule has 16 heavy (non-hydrogen) atoms. The second kappa shape index (κ2) is 4.39. The fourth-order valence-corrected chi connectivity index (χ4v) is 2.80. The number of thiophene rings is 1. The Morgan fingerprint density at radius 2 is 2.19 bits per heavy atom. The number of nitrogens with one attached hydrogen (secondary N) is 1. The van der Waals surface area contributed by atoms with Crippen LogP contribution in [0.4, 0.5) is 0 Å². The van der Waals surface area contributed by atoms with Crippen molar-refractivity contribution in [2.24, 2.45) is 7.05 Å². The minimum atomic E-state index is 0.234. The summed E-state index contributed by atoms with van der Waals surface area (Å²) in [6.07, 6.45) is 0. The van der Waals surface area contributed by atoms with E-state index in [0.717, 1.165) is 5.69 Å². The molecule has 0 fully saturated rings. The zero-order valence-corrected chi connectivity index (χ0v) is 10.9. The maximum atomic E-state index is 4.40. The van der Waals surface area contributed by atoms with E-state index < -0.39 is 0 Å². The van der Waals surface area contributed by atoms with Crippen molar-refractivity contribution in [3.05, 3.63) is 39.3 Å². The summed E-state index contributed by atoms with van der Waals surface area (Å²) >= 11 is 1.79. The lowest BCUT2D eigenvalue weighted by molar-refractivity contribution is 0.604. The van der Waals surface area contributed by atoms with Gasteiger partial charge in [-0.25, -0.2) is 0 Å². The van der Waals surface area contributed by atoms with Gasteiger partial charge in [-0.2, -0.15) is 5.10 Å². The first-order valence-electron chi connectivity index (χ1n) is 5.35. The van der Waals surface area contributed by atoms with E-state index in [1.807, 2.05) is 25.7 Å². The van der Waals surface area contributed by atoms with Crippen molar-refractivity contribution in [2.45, 2.75) is 19.9 Å². The average molecular weight is 235 g/mol. The molecular weight excluding hydrogens is 218 g/mol. The van der Waals surface area contributed by atoms with Crippen LogP contribution in [0.15, 0.2) is 17.5 Å². The Kier molecular flexibility index (Phi) is 3.12. The lowest BCUT2D eigenvalue weighted by atomic mass is 10.0. The first-order chi connectivity index (χ1) is 7.63. The SMILES string of the molecule is CNC(c1ccsc1C)c1cc(C)nn1C. The Hall–Kier alpha value is -1.13. The number of aryl methyl sites for hydroxylation is 3. The van der Waals surface area contributed by atoms with Crippen molar-refractivity contribution in [1.29, 1.82) is 0 Å². The highest BCUT2D eigenvalue weighted by molar-refractivity contribution is 7.10. The van der Waals surface area contributed by atoms with Crippen molar-refractivity contribution in [3.63, 3.8) is 0 Å². The molecule has 0 aliphatic heterocycles. The fourth-order valence-electron chi connectivity index (χ4n) is 2.06. The second-order valence-electron chi connectivity index (χ2n) is 3.99. The van der Waals surface area contributed by atoms with Crippen LogP contribution in [-0.2, 0) is 7.05 Å². The molecule has 0 spiro atoms. The first-order valence-corrected chi connectivity index (χ1v) is 6.23. The molecule has 86 valence electrons. The Balaban J connectivity index is 2.44. The van der Waals surface area contributed by atoms with E-state index in [2.05, 4.69) is 34.9 Å². The normalized spacial score (nSPS) is 13.0. The van der Waals surface area contributed by atoms with Crippen LogP contribution in [0, 0.1) is 13.8 Å². The van der Waals surface area contributed by atoms with E-state index in [1.165, 1.54) is 16.1 Å². The predicted octanol–water partition coefficient (Wildman–Crippen LogP) is 2.41. The molecule has 2 aromatic heterocycles. The van der Waals surface area contributed by atoms with E-state index >= 15 is 0 Å². The van der Waals surface area contributed by atoms with Gasteiger partial charge in [0.1, 0.15) is 0 Å². The summed E-state index contributed by atoms with van der Waals surface area (Å²) in [6, 6.07) is 4.55. The van der Waals surface area contributed by atoms with Gasteiger partial charge >= 0.3 is 0 Å². The van der Waals surface area contributed by atoms with Gasteiger partial charge in [0.2, 0.25) is 0 Å².